The molecule has 5 heteroatoms. The molecule has 0 radical (unpaired) electrons. The lowest BCUT2D eigenvalue weighted by atomic mass is 9.84. The second-order valence-electron chi connectivity index (χ2n) is 6.36. The van der Waals surface area contributed by atoms with E-state index >= 15 is 0 Å². The van der Waals surface area contributed by atoms with E-state index in [4.69, 9.17) is 0 Å². The molecule has 0 saturated carbocycles. The van der Waals surface area contributed by atoms with E-state index in [2.05, 4.69) is 22.1 Å². The molecule has 22 heavy (non-hydrogen) atoms. The summed E-state index contributed by atoms with van der Waals surface area (Å²) in [4.78, 5) is 19.6. The average Bonchev–Trinajstić information content (AvgIpc) is 2.98. The molecular weight excluding hydrogens is 294 g/mol. The molecular formula is C17H21N3OS. The highest BCUT2D eigenvalue weighted by Gasteiger charge is 2.34. The van der Waals surface area contributed by atoms with Crippen LogP contribution in [0, 0.1) is 5.92 Å². The molecule has 116 valence electrons. The summed E-state index contributed by atoms with van der Waals surface area (Å²) in [6.07, 6.45) is 3.38. The minimum Gasteiger partial charge on any atom is -0.348 e. The highest BCUT2D eigenvalue weighted by Crippen LogP contribution is 2.28. The highest BCUT2D eigenvalue weighted by atomic mass is 32.1. The SMILES string of the molecule is CCc1nc2cc(C(=O)N[C@H]3CN4CCC3CC4)ccc2s1. The number of rotatable bonds is 3. The van der Waals surface area contributed by atoms with Gasteiger partial charge in [0.1, 0.15) is 0 Å². The number of hydrogen-bond donors (Lipinski definition) is 1. The Morgan fingerprint density at radius 2 is 2.23 bits per heavy atom. The number of nitrogens with zero attached hydrogens (tertiary/aromatic N) is 2. The minimum absolute atomic E-state index is 0.0479. The molecule has 1 aromatic carbocycles. The quantitative estimate of drug-likeness (QED) is 0.947. The zero-order chi connectivity index (χ0) is 15.1. The van der Waals surface area contributed by atoms with Crippen LogP contribution in [-0.2, 0) is 6.42 Å². The van der Waals surface area contributed by atoms with Crippen LogP contribution in [0.2, 0.25) is 0 Å². The first-order valence-corrected chi connectivity index (χ1v) is 8.97. The zero-order valence-electron chi connectivity index (χ0n) is 12.8. The fourth-order valence-electron chi connectivity index (χ4n) is 3.65. The third-order valence-corrected chi connectivity index (χ3v) is 6.15. The van der Waals surface area contributed by atoms with Gasteiger partial charge in [0.15, 0.2) is 0 Å². The fourth-order valence-corrected chi connectivity index (χ4v) is 4.54. The van der Waals surface area contributed by atoms with Gasteiger partial charge in [0, 0.05) is 18.2 Å². The van der Waals surface area contributed by atoms with E-state index in [0.29, 0.717) is 12.0 Å². The molecule has 0 spiro atoms. The van der Waals surface area contributed by atoms with Gasteiger partial charge in [-0.15, -0.1) is 11.3 Å². The highest BCUT2D eigenvalue weighted by molar-refractivity contribution is 7.18. The van der Waals surface area contributed by atoms with Gasteiger partial charge < -0.3 is 10.2 Å². The lowest BCUT2D eigenvalue weighted by Crippen LogP contribution is -2.57. The van der Waals surface area contributed by atoms with Gasteiger partial charge in [-0.25, -0.2) is 4.98 Å². The Labute approximate surface area is 134 Å². The molecule has 2 bridgehead atoms. The van der Waals surface area contributed by atoms with Crippen LogP contribution in [0.25, 0.3) is 10.2 Å². The molecule has 3 fully saturated rings. The first kappa shape index (κ1) is 14.2. The van der Waals surface area contributed by atoms with Crippen molar-refractivity contribution in [3.63, 3.8) is 0 Å². The van der Waals surface area contributed by atoms with Crippen molar-refractivity contribution in [3.05, 3.63) is 28.8 Å². The van der Waals surface area contributed by atoms with Crippen molar-refractivity contribution in [1.82, 2.24) is 15.2 Å². The van der Waals surface area contributed by atoms with E-state index < -0.39 is 0 Å². The van der Waals surface area contributed by atoms with Crippen LogP contribution in [-0.4, -0.2) is 41.5 Å². The van der Waals surface area contributed by atoms with Crippen LogP contribution in [0.5, 0.6) is 0 Å². The van der Waals surface area contributed by atoms with Crippen LogP contribution < -0.4 is 5.32 Å². The second kappa shape index (κ2) is 5.63. The number of benzene rings is 1. The van der Waals surface area contributed by atoms with Gasteiger partial charge in [0.05, 0.1) is 15.2 Å². The van der Waals surface area contributed by atoms with Crippen LogP contribution in [0.4, 0.5) is 0 Å². The fraction of sp³-hybridized carbons (Fsp3) is 0.529. The first-order valence-electron chi connectivity index (χ1n) is 8.15. The maximum atomic E-state index is 12.6. The largest absolute Gasteiger partial charge is 0.348 e. The summed E-state index contributed by atoms with van der Waals surface area (Å²) in [5.74, 6) is 0.704. The molecule has 2 aromatic rings. The molecule has 4 heterocycles. The Balaban J connectivity index is 1.52. The number of thiazole rings is 1. The smallest absolute Gasteiger partial charge is 0.251 e. The Hall–Kier alpha value is -1.46. The maximum Gasteiger partial charge on any atom is 0.251 e. The van der Waals surface area contributed by atoms with Crippen molar-refractivity contribution in [3.8, 4) is 0 Å². The average molecular weight is 315 g/mol. The predicted octanol–water partition coefficient (Wildman–Crippen LogP) is 2.68. The standard InChI is InChI=1S/C17H21N3OS/c1-2-16-18-13-9-12(3-4-15(13)22-16)17(21)19-14-10-20-7-5-11(14)6-8-20/h3-4,9,11,14H,2,5-8,10H2,1H3,(H,19,21)/t14-/m0/s1. The van der Waals surface area contributed by atoms with Gasteiger partial charge in [0.25, 0.3) is 5.91 Å². The van der Waals surface area contributed by atoms with Crippen LogP contribution in [0.15, 0.2) is 18.2 Å². The van der Waals surface area contributed by atoms with E-state index in [-0.39, 0.29) is 5.91 Å². The van der Waals surface area contributed by atoms with Crippen molar-refractivity contribution in [2.45, 2.75) is 32.2 Å². The lowest BCUT2D eigenvalue weighted by Gasteiger charge is -2.44. The summed E-state index contributed by atoms with van der Waals surface area (Å²) in [6.45, 7) is 5.51. The summed E-state index contributed by atoms with van der Waals surface area (Å²) in [6, 6.07) is 6.20. The molecule has 3 aliphatic heterocycles. The third kappa shape index (κ3) is 2.52. The number of amides is 1. The molecule has 0 aliphatic carbocycles. The van der Waals surface area contributed by atoms with E-state index in [1.54, 1.807) is 11.3 Å². The van der Waals surface area contributed by atoms with Crippen molar-refractivity contribution in [2.24, 2.45) is 5.92 Å². The number of fused-ring (bicyclic) bond motifs is 4. The predicted molar refractivity (Wildman–Crippen MR) is 89.4 cm³/mol. The summed E-state index contributed by atoms with van der Waals surface area (Å²) in [7, 11) is 0. The number of aromatic nitrogens is 1. The van der Waals surface area contributed by atoms with E-state index in [1.807, 2.05) is 18.2 Å². The first-order chi connectivity index (χ1) is 10.7. The summed E-state index contributed by atoms with van der Waals surface area (Å²) in [5, 5.41) is 4.38. The maximum absolute atomic E-state index is 12.6. The Kier molecular flexibility index (Phi) is 3.62. The number of nitrogens with one attached hydrogen (secondary N) is 1. The molecule has 1 amide bonds. The van der Waals surface area contributed by atoms with Gasteiger partial charge in [0.2, 0.25) is 0 Å². The molecule has 4 nitrogen and oxygen atoms in total. The summed E-state index contributed by atoms with van der Waals surface area (Å²) < 4.78 is 1.16. The summed E-state index contributed by atoms with van der Waals surface area (Å²) >= 11 is 1.71. The third-order valence-electron chi connectivity index (χ3n) is 4.97. The number of carbonyl (C=O) groups excluding carboxylic acids is 1. The Morgan fingerprint density at radius 1 is 1.41 bits per heavy atom. The van der Waals surface area contributed by atoms with E-state index in [1.165, 1.54) is 25.9 Å². The van der Waals surface area contributed by atoms with Crippen LogP contribution in [0.1, 0.15) is 35.1 Å². The normalized spacial score (nSPS) is 27.2. The van der Waals surface area contributed by atoms with Crippen molar-refractivity contribution < 1.29 is 4.79 Å². The van der Waals surface area contributed by atoms with E-state index in [9.17, 15) is 4.79 Å². The van der Waals surface area contributed by atoms with Crippen molar-refractivity contribution in [2.75, 3.05) is 19.6 Å². The molecule has 3 aliphatic rings. The van der Waals surface area contributed by atoms with Gasteiger partial charge in [-0.1, -0.05) is 6.92 Å². The number of aryl methyl sites for hydroxylation is 1. The monoisotopic (exact) mass is 315 g/mol. The van der Waals surface area contributed by atoms with Gasteiger partial charge in [-0.3, -0.25) is 4.79 Å². The second-order valence-corrected chi connectivity index (χ2v) is 7.48. The van der Waals surface area contributed by atoms with Gasteiger partial charge in [-0.05, 0) is 56.5 Å². The van der Waals surface area contributed by atoms with Gasteiger partial charge >= 0.3 is 0 Å². The van der Waals surface area contributed by atoms with Gasteiger partial charge in [-0.2, -0.15) is 0 Å². The van der Waals surface area contributed by atoms with Crippen LogP contribution in [0.3, 0.4) is 0 Å². The molecule has 3 saturated heterocycles. The van der Waals surface area contributed by atoms with E-state index in [0.717, 1.165) is 33.8 Å². The zero-order valence-corrected chi connectivity index (χ0v) is 13.7. The molecule has 5 rings (SSSR count). The number of piperidine rings is 3. The molecule has 1 aromatic heterocycles. The summed E-state index contributed by atoms with van der Waals surface area (Å²) in [5.41, 5.74) is 1.68. The lowest BCUT2D eigenvalue weighted by molar-refractivity contribution is 0.0620. The molecule has 1 N–H and O–H groups in total. The minimum atomic E-state index is 0.0479. The van der Waals surface area contributed by atoms with Crippen molar-refractivity contribution >= 4 is 27.5 Å². The molecule has 0 unspecified atom stereocenters. The topological polar surface area (TPSA) is 45.2 Å². The number of hydrogen-bond acceptors (Lipinski definition) is 4. The Bertz CT molecular complexity index is 703. The van der Waals surface area contributed by atoms with Crippen molar-refractivity contribution in [1.29, 1.82) is 0 Å². The molecule has 1 atom stereocenters. The number of carbonyl (C=O) groups is 1. The van der Waals surface area contributed by atoms with Crippen LogP contribution >= 0.6 is 11.3 Å². The Morgan fingerprint density at radius 3 is 2.91 bits per heavy atom.